The van der Waals surface area contributed by atoms with Crippen LogP contribution in [0.2, 0.25) is 0 Å². The first-order chi connectivity index (χ1) is 9.75. The predicted octanol–water partition coefficient (Wildman–Crippen LogP) is 3.81. The standard InChI is InChI=1S/C18H22N2/c1-13-6-3-4-9-17(13)14(2)20-12-16-8-5-7-15-10-11-19-18(15)16/h3-9,14,19-20H,10-12H2,1-2H3. The van der Waals surface area contributed by atoms with E-state index >= 15 is 0 Å². The van der Waals surface area contributed by atoms with E-state index in [0.29, 0.717) is 6.04 Å². The summed E-state index contributed by atoms with van der Waals surface area (Å²) in [7, 11) is 0. The molecule has 1 unspecified atom stereocenters. The van der Waals surface area contributed by atoms with Crippen molar-refractivity contribution in [2.45, 2.75) is 32.9 Å². The molecule has 0 fully saturated rings. The fourth-order valence-corrected chi connectivity index (χ4v) is 3.00. The van der Waals surface area contributed by atoms with E-state index in [4.69, 9.17) is 0 Å². The number of para-hydroxylation sites is 1. The van der Waals surface area contributed by atoms with Crippen LogP contribution in [-0.2, 0) is 13.0 Å². The summed E-state index contributed by atoms with van der Waals surface area (Å²) in [5.74, 6) is 0. The summed E-state index contributed by atoms with van der Waals surface area (Å²) in [6, 6.07) is 15.6. The third kappa shape index (κ3) is 2.56. The van der Waals surface area contributed by atoms with Crippen LogP contribution >= 0.6 is 0 Å². The maximum absolute atomic E-state index is 3.65. The molecule has 0 amide bonds. The number of fused-ring (bicyclic) bond motifs is 1. The number of hydrogen-bond donors (Lipinski definition) is 2. The van der Waals surface area contributed by atoms with Gasteiger partial charge >= 0.3 is 0 Å². The van der Waals surface area contributed by atoms with Crippen molar-refractivity contribution in [3.63, 3.8) is 0 Å². The molecule has 0 aromatic heterocycles. The Bertz CT molecular complexity index is 604. The Morgan fingerprint density at radius 2 is 2.00 bits per heavy atom. The van der Waals surface area contributed by atoms with E-state index in [9.17, 15) is 0 Å². The highest BCUT2D eigenvalue weighted by atomic mass is 14.9. The van der Waals surface area contributed by atoms with E-state index in [1.165, 1.54) is 27.9 Å². The third-order valence-corrected chi connectivity index (χ3v) is 4.19. The zero-order valence-electron chi connectivity index (χ0n) is 12.2. The van der Waals surface area contributed by atoms with Gasteiger partial charge in [0, 0.05) is 24.8 Å². The highest BCUT2D eigenvalue weighted by Crippen LogP contribution is 2.27. The molecular weight excluding hydrogens is 244 g/mol. The fraction of sp³-hybridized carbons (Fsp3) is 0.333. The first-order valence-electron chi connectivity index (χ1n) is 7.39. The highest BCUT2D eigenvalue weighted by Gasteiger charge is 2.14. The van der Waals surface area contributed by atoms with Crippen molar-refractivity contribution in [3.8, 4) is 0 Å². The van der Waals surface area contributed by atoms with Crippen molar-refractivity contribution < 1.29 is 0 Å². The average Bonchev–Trinajstić information content (AvgIpc) is 2.94. The van der Waals surface area contributed by atoms with Gasteiger partial charge in [0.05, 0.1) is 0 Å². The van der Waals surface area contributed by atoms with E-state index in [0.717, 1.165) is 19.5 Å². The van der Waals surface area contributed by atoms with Gasteiger partial charge in [-0.05, 0) is 42.5 Å². The molecule has 0 bridgehead atoms. The molecule has 0 radical (unpaired) electrons. The minimum Gasteiger partial charge on any atom is -0.384 e. The van der Waals surface area contributed by atoms with Crippen LogP contribution < -0.4 is 10.6 Å². The van der Waals surface area contributed by atoms with Crippen LogP contribution in [-0.4, -0.2) is 6.54 Å². The van der Waals surface area contributed by atoms with E-state index in [2.05, 4.69) is 66.9 Å². The molecule has 0 aliphatic carbocycles. The molecule has 1 aliphatic heterocycles. The number of anilines is 1. The number of benzene rings is 2. The topological polar surface area (TPSA) is 24.1 Å². The normalized spacial score (nSPS) is 14.7. The molecule has 1 heterocycles. The minimum atomic E-state index is 0.369. The van der Waals surface area contributed by atoms with Gasteiger partial charge in [0.15, 0.2) is 0 Å². The molecule has 1 atom stereocenters. The SMILES string of the molecule is Cc1ccccc1C(C)NCc1cccc2c1NCC2. The Balaban J connectivity index is 1.71. The molecule has 3 rings (SSSR count). The molecule has 2 aromatic carbocycles. The van der Waals surface area contributed by atoms with Crippen molar-refractivity contribution in [1.82, 2.24) is 5.32 Å². The lowest BCUT2D eigenvalue weighted by molar-refractivity contribution is 0.573. The second kappa shape index (κ2) is 5.68. The Labute approximate surface area is 121 Å². The highest BCUT2D eigenvalue weighted by molar-refractivity contribution is 5.61. The number of nitrogens with one attached hydrogen (secondary N) is 2. The largest absolute Gasteiger partial charge is 0.384 e. The van der Waals surface area contributed by atoms with E-state index in [-0.39, 0.29) is 0 Å². The molecule has 2 heteroatoms. The molecular formula is C18H22N2. The fourth-order valence-electron chi connectivity index (χ4n) is 3.00. The van der Waals surface area contributed by atoms with Crippen LogP contribution in [0.1, 0.15) is 35.2 Å². The van der Waals surface area contributed by atoms with Crippen LogP contribution in [0.25, 0.3) is 0 Å². The number of aryl methyl sites for hydroxylation is 1. The molecule has 1 aliphatic rings. The molecule has 2 aromatic rings. The van der Waals surface area contributed by atoms with Gasteiger partial charge in [0.1, 0.15) is 0 Å². The summed E-state index contributed by atoms with van der Waals surface area (Å²) in [6.45, 7) is 6.39. The van der Waals surface area contributed by atoms with E-state index in [1.54, 1.807) is 0 Å². The number of hydrogen-bond acceptors (Lipinski definition) is 2. The van der Waals surface area contributed by atoms with Crippen molar-refractivity contribution in [2.75, 3.05) is 11.9 Å². The summed E-state index contributed by atoms with van der Waals surface area (Å²) < 4.78 is 0. The van der Waals surface area contributed by atoms with Gasteiger partial charge < -0.3 is 10.6 Å². The summed E-state index contributed by atoms with van der Waals surface area (Å²) >= 11 is 0. The van der Waals surface area contributed by atoms with Crippen LogP contribution in [0.3, 0.4) is 0 Å². The molecule has 0 spiro atoms. The van der Waals surface area contributed by atoms with Crippen LogP contribution in [0.15, 0.2) is 42.5 Å². The maximum atomic E-state index is 3.65. The Morgan fingerprint density at radius 3 is 2.85 bits per heavy atom. The monoisotopic (exact) mass is 266 g/mol. The predicted molar refractivity (Wildman–Crippen MR) is 85.1 cm³/mol. The van der Waals surface area contributed by atoms with Crippen molar-refractivity contribution >= 4 is 5.69 Å². The molecule has 2 nitrogen and oxygen atoms in total. The average molecular weight is 266 g/mol. The van der Waals surface area contributed by atoms with E-state index in [1.807, 2.05) is 0 Å². The van der Waals surface area contributed by atoms with Gasteiger partial charge in [0.25, 0.3) is 0 Å². The van der Waals surface area contributed by atoms with E-state index < -0.39 is 0 Å². The Morgan fingerprint density at radius 1 is 1.15 bits per heavy atom. The van der Waals surface area contributed by atoms with Crippen LogP contribution in [0, 0.1) is 6.92 Å². The summed E-state index contributed by atoms with van der Waals surface area (Å²) in [5, 5.41) is 7.15. The van der Waals surface area contributed by atoms with Crippen molar-refractivity contribution in [3.05, 3.63) is 64.7 Å². The van der Waals surface area contributed by atoms with Crippen LogP contribution in [0.5, 0.6) is 0 Å². The zero-order valence-corrected chi connectivity index (χ0v) is 12.2. The lowest BCUT2D eigenvalue weighted by Gasteiger charge is -2.18. The van der Waals surface area contributed by atoms with Crippen molar-refractivity contribution in [2.24, 2.45) is 0 Å². The molecule has 0 saturated heterocycles. The third-order valence-electron chi connectivity index (χ3n) is 4.19. The Kier molecular flexibility index (Phi) is 3.75. The van der Waals surface area contributed by atoms with Gasteiger partial charge in [-0.2, -0.15) is 0 Å². The Hall–Kier alpha value is -1.80. The molecule has 0 saturated carbocycles. The molecule has 2 N–H and O–H groups in total. The summed E-state index contributed by atoms with van der Waals surface area (Å²) in [4.78, 5) is 0. The quantitative estimate of drug-likeness (QED) is 0.879. The van der Waals surface area contributed by atoms with Gasteiger partial charge in [0.2, 0.25) is 0 Å². The zero-order chi connectivity index (χ0) is 13.9. The minimum absolute atomic E-state index is 0.369. The van der Waals surface area contributed by atoms with Gasteiger partial charge in [-0.1, -0.05) is 42.5 Å². The molecule has 20 heavy (non-hydrogen) atoms. The first kappa shape index (κ1) is 13.2. The van der Waals surface area contributed by atoms with Crippen LogP contribution in [0.4, 0.5) is 5.69 Å². The number of rotatable bonds is 4. The van der Waals surface area contributed by atoms with Crippen molar-refractivity contribution in [1.29, 1.82) is 0 Å². The maximum Gasteiger partial charge on any atom is 0.0419 e. The van der Waals surface area contributed by atoms with Gasteiger partial charge in [-0.25, -0.2) is 0 Å². The lowest BCUT2D eigenvalue weighted by Crippen LogP contribution is -2.19. The second-order valence-electron chi connectivity index (χ2n) is 5.59. The summed E-state index contributed by atoms with van der Waals surface area (Å²) in [6.07, 6.45) is 1.15. The van der Waals surface area contributed by atoms with Gasteiger partial charge in [-0.3, -0.25) is 0 Å². The smallest absolute Gasteiger partial charge is 0.0419 e. The van der Waals surface area contributed by atoms with Gasteiger partial charge in [-0.15, -0.1) is 0 Å². The lowest BCUT2D eigenvalue weighted by atomic mass is 10.0. The second-order valence-corrected chi connectivity index (χ2v) is 5.59. The molecule has 104 valence electrons. The summed E-state index contributed by atoms with van der Waals surface area (Å²) in [5.41, 5.74) is 6.90. The first-order valence-corrected chi connectivity index (χ1v) is 7.39.